The molecule has 2 amide bonds. The highest BCUT2D eigenvalue weighted by Gasteiger charge is 2.21. The van der Waals surface area contributed by atoms with Gasteiger partial charge >= 0.3 is 0 Å². The van der Waals surface area contributed by atoms with Gasteiger partial charge in [0.1, 0.15) is 11.3 Å². The van der Waals surface area contributed by atoms with Crippen LogP contribution in [0.25, 0.3) is 11.1 Å². The fraction of sp³-hybridized carbons (Fsp3) is 0.381. The molecule has 1 aromatic carbocycles. The summed E-state index contributed by atoms with van der Waals surface area (Å²) in [5.41, 5.74) is 7.64. The van der Waals surface area contributed by atoms with Crippen LogP contribution >= 0.6 is 0 Å². The number of nitrogens with zero attached hydrogens (tertiary/aromatic N) is 2. The standard InChI is InChI=1S/C21H25N3O3.BrH/c1-27-19-8-6-16(7-9-19)17-12-18(21(22)26)14-23(13-17)15-20(25)24-10-4-2-3-5-11-24;/h6-9,12-14H,2-5,10-11,15H2,1H3,(H-,22,26);1H. The Kier molecular flexibility index (Phi) is 7.99. The fourth-order valence-corrected chi connectivity index (χ4v) is 3.38. The quantitative estimate of drug-likeness (QED) is 0.606. The van der Waals surface area contributed by atoms with Gasteiger partial charge in [-0.2, -0.15) is 4.57 Å². The summed E-state index contributed by atoms with van der Waals surface area (Å²) in [4.78, 5) is 26.4. The zero-order valence-corrected chi connectivity index (χ0v) is 17.7. The third-order valence-electron chi connectivity index (χ3n) is 4.91. The summed E-state index contributed by atoms with van der Waals surface area (Å²) in [6.45, 7) is 1.81. The molecule has 1 aliphatic rings. The lowest BCUT2D eigenvalue weighted by Gasteiger charge is -2.18. The van der Waals surface area contributed by atoms with Crippen molar-refractivity contribution in [1.82, 2.24) is 4.90 Å². The van der Waals surface area contributed by atoms with Gasteiger partial charge in [-0.15, -0.1) is 0 Å². The highest BCUT2D eigenvalue weighted by Crippen LogP contribution is 2.22. The molecule has 3 rings (SSSR count). The predicted molar refractivity (Wildman–Crippen MR) is 102 cm³/mol. The van der Waals surface area contributed by atoms with Gasteiger partial charge in [-0.3, -0.25) is 9.59 Å². The van der Waals surface area contributed by atoms with E-state index in [0.29, 0.717) is 5.56 Å². The van der Waals surface area contributed by atoms with Gasteiger partial charge in [0, 0.05) is 18.7 Å². The molecule has 0 bridgehead atoms. The molecule has 0 spiro atoms. The van der Waals surface area contributed by atoms with E-state index in [1.54, 1.807) is 23.9 Å². The van der Waals surface area contributed by atoms with Crippen molar-refractivity contribution in [3.63, 3.8) is 0 Å². The average molecular weight is 448 g/mol. The molecular formula is C21H26BrN3O3. The first-order chi connectivity index (χ1) is 13.1. The van der Waals surface area contributed by atoms with Crippen molar-refractivity contribution < 1.29 is 35.9 Å². The Morgan fingerprint density at radius 2 is 1.68 bits per heavy atom. The third kappa shape index (κ3) is 5.55. The smallest absolute Gasteiger partial charge is 0.288 e. The molecule has 0 aliphatic carbocycles. The molecule has 0 unspecified atom stereocenters. The number of aromatic nitrogens is 1. The molecule has 2 heterocycles. The minimum Gasteiger partial charge on any atom is -1.00 e. The number of ether oxygens (including phenoxy) is 1. The predicted octanol–water partition coefficient (Wildman–Crippen LogP) is -0.845. The highest BCUT2D eigenvalue weighted by atomic mass is 79.9. The molecule has 150 valence electrons. The number of amides is 2. The Balaban J connectivity index is 0.00000280. The van der Waals surface area contributed by atoms with Crippen LogP contribution < -0.4 is 32.0 Å². The summed E-state index contributed by atoms with van der Waals surface area (Å²) in [6.07, 6.45) is 7.98. The average Bonchev–Trinajstić information content (AvgIpc) is 2.97. The highest BCUT2D eigenvalue weighted by molar-refractivity contribution is 5.93. The fourth-order valence-electron chi connectivity index (χ4n) is 3.38. The van der Waals surface area contributed by atoms with E-state index in [1.807, 2.05) is 35.4 Å². The molecule has 1 aromatic heterocycles. The molecule has 1 aliphatic heterocycles. The number of hydrogen-bond acceptors (Lipinski definition) is 3. The Labute approximate surface area is 176 Å². The summed E-state index contributed by atoms with van der Waals surface area (Å²) in [5, 5.41) is 0. The van der Waals surface area contributed by atoms with Crippen LogP contribution in [0.2, 0.25) is 0 Å². The molecule has 0 saturated carbocycles. The molecule has 0 radical (unpaired) electrons. The van der Waals surface area contributed by atoms with Crippen molar-refractivity contribution in [2.75, 3.05) is 20.2 Å². The van der Waals surface area contributed by atoms with Gasteiger partial charge in [-0.25, -0.2) is 0 Å². The minimum absolute atomic E-state index is 0. The minimum atomic E-state index is -0.513. The summed E-state index contributed by atoms with van der Waals surface area (Å²) in [5.74, 6) is 0.319. The van der Waals surface area contributed by atoms with Crippen molar-refractivity contribution in [2.24, 2.45) is 5.73 Å². The zero-order valence-electron chi connectivity index (χ0n) is 16.1. The Bertz CT molecular complexity index is 816. The van der Waals surface area contributed by atoms with Gasteiger partial charge in [-0.1, -0.05) is 25.0 Å². The van der Waals surface area contributed by atoms with E-state index < -0.39 is 5.91 Å². The van der Waals surface area contributed by atoms with Crippen molar-refractivity contribution >= 4 is 11.8 Å². The number of primary amides is 1. The van der Waals surface area contributed by atoms with Crippen LogP contribution in [0.3, 0.4) is 0 Å². The summed E-state index contributed by atoms with van der Waals surface area (Å²) in [7, 11) is 1.62. The molecule has 6 nitrogen and oxygen atoms in total. The van der Waals surface area contributed by atoms with Crippen LogP contribution in [-0.2, 0) is 11.3 Å². The Hall–Kier alpha value is -2.41. The third-order valence-corrected chi connectivity index (χ3v) is 4.91. The second-order valence-corrected chi connectivity index (χ2v) is 6.87. The van der Waals surface area contributed by atoms with E-state index >= 15 is 0 Å². The van der Waals surface area contributed by atoms with Gasteiger partial charge in [0.05, 0.1) is 7.11 Å². The lowest BCUT2D eigenvalue weighted by atomic mass is 10.1. The summed E-state index contributed by atoms with van der Waals surface area (Å²) >= 11 is 0. The molecule has 2 N–H and O–H groups in total. The SMILES string of the molecule is COc1ccc(-c2cc(C(N)=O)c[n+](CC(=O)N3CCCCCC3)c2)cc1.[Br-]. The topological polar surface area (TPSA) is 76.5 Å². The van der Waals surface area contributed by atoms with Gasteiger partial charge in [0.2, 0.25) is 6.54 Å². The largest absolute Gasteiger partial charge is 1.00 e. The molecule has 1 saturated heterocycles. The normalized spacial score (nSPS) is 14.0. The van der Waals surface area contributed by atoms with Crippen LogP contribution in [-0.4, -0.2) is 36.9 Å². The number of pyridine rings is 1. The number of carbonyl (C=O) groups is 2. The maximum absolute atomic E-state index is 12.7. The first-order valence-electron chi connectivity index (χ1n) is 9.33. The number of hydrogen-bond donors (Lipinski definition) is 1. The van der Waals surface area contributed by atoms with Crippen LogP contribution in [0.15, 0.2) is 42.7 Å². The van der Waals surface area contributed by atoms with Crippen LogP contribution in [0.5, 0.6) is 5.75 Å². The lowest BCUT2D eigenvalue weighted by Crippen LogP contribution is -3.00. The maximum atomic E-state index is 12.7. The first kappa shape index (κ1) is 21.9. The number of carbonyl (C=O) groups excluding carboxylic acids is 2. The van der Waals surface area contributed by atoms with Gasteiger partial charge < -0.3 is 32.4 Å². The molecule has 0 atom stereocenters. The number of rotatable bonds is 5. The molecule has 1 fully saturated rings. The van der Waals surface area contributed by atoms with Crippen molar-refractivity contribution in [3.8, 4) is 16.9 Å². The number of benzene rings is 1. The molecule has 7 heteroatoms. The first-order valence-corrected chi connectivity index (χ1v) is 9.33. The molecular weight excluding hydrogens is 422 g/mol. The molecule has 28 heavy (non-hydrogen) atoms. The second kappa shape index (κ2) is 10.2. The Morgan fingerprint density at radius 1 is 1.04 bits per heavy atom. The van der Waals surface area contributed by atoms with Gasteiger partial charge in [0.15, 0.2) is 12.4 Å². The number of nitrogens with two attached hydrogens (primary N) is 1. The van der Waals surface area contributed by atoms with E-state index in [9.17, 15) is 9.59 Å². The monoisotopic (exact) mass is 447 g/mol. The summed E-state index contributed by atoms with van der Waals surface area (Å²) < 4.78 is 6.95. The Morgan fingerprint density at radius 3 is 2.25 bits per heavy atom. The number of halogens is 1. The lowest BCUT2D eigenvalue weighted by molar-refractivity contribution is -0.684. The van der Waals surface area contributed by atoms with E-state index in [1.165, 1.54) is 12.8 Å². The maximum Gasteiger partial charge on any atom is 0.288 e. The van der Waals surface area contributed by atoms with Crippen molar-refractivity contribution in [2.45, 2.75) is 32.2 Å². The van der Waals surface area contributed by atoms with Gasteiger partial charge in [-0.05, 0) is 36.6 Å². The number of methoxy groups -OCH3 is 1. The summed E-state index contributed by atoms with van der Waals surface area (Å²) in [6, 6.07) is 9.30. The van der Waals surface area contributed by atoms with Gasteiger partial charge in [0.25, 0.3) is 11.8 Å². The number of likely N-dealkylation sites (tertiary alicyclic amines) is 1. The van der Waals surface area contributed by atoms with E-state index in [2.05, 4.69) is 0 Å². The van der Waals surface area contributed by atoms with Crippen LogP contribution in [0, 0.1) is 0 Å². The second-order valence-electron chi connectivity index (χ2n) is 6.87. The van der Waals surface area contributed by atoms with E-state index in [4.69, 9.17) is 10.5 Å². The van der Waals surface area contributed by atoms with Crippen LogP contribution in [0.1, 0.15) is 36.0 Å². The van der Waals surface area contributed by atoms with Crippen molar-refractivity contribution in [3.05, 3.63) is 48.3 Å². The zero-order chi connectivity index (χ0) is 19.2. The van der Waals surface area contributed by atoms with E-state index in [0.717, 1.165) is 42.8 Å². The van der Waals surface area contributed by atoms with E-state index in [-0.39, 0.29) is 29.4 Å². The van der Waals surface area contributed by atoms with Crippen LogP contribution in [0.4, 0.5) is 0 Å². The van der Waals surface area contributed by atoms with Crippen molar-refractivity contribution in [1.29, 1.82) is 0 Å². The molecule has 2 aromatic rings.